The standard InChI is InChI=1S/C19H20ClNO3/c1-23-17-11-13(10-15(20)18(17)24-2)19(22)21-16-9-5-7-12-6-3-4-8-14(12)16/h3-4,6,8,10-11,16H,5,7,9H2,1-2H3,(H,21,22). The lowest BCUT2D eigenvalue weighted by Gasteiger charge is -2.26. The molecule has 1 aliphatic carbocycles. The van der Waals surface area contributed by atoms with Crippen LogP contribution in [0.3, 0.4) is 0 Å². The Bertz CT molecular complexity index is 760. The zero-order valence-electron chi connectivity index (χ0n) is 13.8. The molecule has 0 aromatic heterocycles. The predicted molar refractivity (Wildman–Crippen MR) is 94.1 cm³/mol. The molecule has 1 unspecified atom stereocenters. The van der Waals surface area contributed by atoms with E-state index >= 15 is 0 Å². The third-order valence-electron chi connectivity index (χ3n) is 4.37. The summed E-state index contributed by atoms with van der Waals surface area (Å²) in [4.78, 5) is 12.7. The molecule has 0 aliphatic heterocycles. The summed E-state index contributed by atoms with van der Waals surface area (Å²) in [6, 6.07) is 11.5. The molecular formula is C19H20ClNO3. The van der Waals surface area contributed by atoms with E-state index in [-0.39, 0.29) is 11.9 Å². The first-order valence-electron chi connectivity index (χ1n) is 7.94. The van der Waals surface area contributed by atoms with E-state index in [1.807, 2.05) is 12.1 Å². The Kier molecular flexibility index (Phi) is 4.95. The number of amides is 1. The number of nitrogens with one attached hydrogen (secondary N) is 1. The minimum Gasteiger partial charge on any atom is -0.493 e. The molecule has 0 bridgehead atoms. The number of benzene rings is 2. The lowest BCUT2D eigenvalue weighted by molar-refractivity contribution is 0.0932. The maximum absolute atomic E-state index is 12.7. The van der Waals surface area contributed by atoms with E-state index in [2.05, 4.69) is 17.4 Å². The minimum atomic E-state index is -0.167. The van der Waals surface area contributed by atoms with Crippen molar-refractivity contribution in [1.29, 1.82) is 0 Å². The van der Waals surface area contributed by atoms with Crippen molar-refractivity contribution in [1.82, 2.24) is 5.32 Å². The second-order valence-corrected chi connectivity index (χ2v) is 6.22. The monoisotopic (exact) mass is 345 g/mol. The summed E-state index contributed by atoms with van der Waals surface area (Å²) in [5.41, 5.74) is 2.96. The fraction of sp³-hybridized carbons (Fsp3) is 0.316. The molecule has 2 aromatic rings. The van der Waals surface area contributed by atoms with E-state index in [4.69, 9.17) is 21.1 Å². The zero-order valence-corrected chi connectivity index (χ0v) is 14.5. The van der Waals surface area contributed by atoms with Crippen molar-refractivity contribution < 1.29 is 14.3 Å². The maximum Gasteiger partial charge on any atom is 0.251 e. The van der Waals surface area contributed by atoms with Gasteiger partial charge in [0.05, 0.1) is 25.3 Å². The quantitative estimate of drug-likeness (QED) is 0.904. The van der Waals surface area contributed by atoms with Crippen molar-refractivity contribution >= 4 is 17.5 Å². The molecule has 3 rings (SSSR count). The van der Waals surface area contributed by atoms with Gasteiger partial charge in [-0.15, -0.1) is 0 Å². The molecule has 4 nitrogen and oxygen atoms in total. The van der Waals surface area contributed by atoms with Gasteiger partial charge in [0, 0.05) is 5.56 Å². The van der Waals surface area contributed by atoms with Gasteiger partial charge >= 0.3 is 0 Å². The van der Waals surface area contributed by atoms with Crippen LogP contribution in [0.25, 0.3) is 0 Å². The van der Waals surface area contributed by atoms with Gasteiger partial charge in [-0.25, -0.2) is 0 Å². The Labute approximate surface area is 146 Å². The molecule has 126 valence electrons. The molecule has 5 heteroatoms. The van der Waals surface area contributed by atoms with Gasteiger partial charge < -0.3 is 14.8 Å². The number of aryl methyl sites for hydroxylation is 1. The highest BCUT2D eigenvalue weighted by molar-refractivity contribution is 6.32. The molecule has 1 aliphatic rings. The average Bonchev–Trinajstić information content (AvgIpc) is 2.61. The van der Waals surface area contributed by atoms with Gasteiger partial charge in [-0.05, 0) is 42.5 Å². The van der Waals surface area contributed by atoms with Gasteiger partial charge in [0.2, 0.25) is 0 Å². The molecule has 1 atom stereocenters. The summed E-state index contributed by atoms with van der Waals surface area (Å²) >= 11 is 6.20. The van der Waals surface area contributed by atoms with Crippen LogP contribution >= 0.6 is 11.6 Å². The molecule has 0 spiro atoms. The van der Waals surface area contributed by atoms with Crippen LogP contribution in [0.1, 0.15) is 40.4 Å². The third-order valence-corrected chi connectivity index (χ3v) is 4.65. The predicted octanol–water partition coefficient (Wildman–Crippen LogP) is 4.16. The Morgan fingerprint density at radius 2 is 2.00 bits per heavy atom. The highest BCUT2D eigenvalue weighted by Crippen LogP contribution is 2.36. The first-order valence-corrected chi connectivity index (χ1v) is 8.32. The fourth-order valence-electron chi connectivity index (χ4n) is 3.19. The van der Waals surface area contributed by atoms with Crippen molar-refractivity contribution in [3.05, 3.63) is 58.1 Å². The van der Waals surface area contributed by atoms with Crippen molar-refractivity contribution in [2.24, 2.45) is 0 Å². The van der Waals surface area contributed by atoms with Crippen LogP contribution in [0.2, 0.25) is 5.02 Å². The first-order chi connectivity index (χ1) is 11.6. The number of hydrogen-bond donors (Lipinski definition) is 1. The molecule has 0 saturated carbocycles. The first kappa shape index (κ1) is 16.7. The van der Waals surface area contributed by atoms with Crippen LogP contribution in [-0.4, -0.2) is 20.1 Å². The molecule has 1 N–H and O–H groups in total. The summed E-state index contributed by atoms with van der Waals surface area (Å²) < 4.78 is 10.5. The van der Waals surface area contributed by atoms with Gasteiger partial charge in [0.25, 0.3) is 5.91 Å². The molecule has 0 radical (unpaired) electrons. The number of carbonyl (C=O) groups is 1. The van der Waals surface area contributed by atoms with Crippen molar-refractivity contribution in [3.8, 4) is 11.5 Å². The van der Waals surface area contributed by atoms with Crippen LogP contribution in [0, 0.1) is 0 Å². The SMILES string of the molecule is COc1cc(C(=O)NC2CCCc3ccccc32)cc(Cl)c1OC. The highest BCUT2D eigenvalue weighted by atomic mass is 35.5. The molecular weight excluding hydrogens is 326 g/mol. The van der Waals surface area contributed by atoms with E-state index in [1.54, 1.807) is 12.1 Å². The van der Waals surface area contributed by atoms with Crippen LogP contribution < -0.4 is 14.8 Å². The summed E-state index contributed by atoms with van der Waals surface area (Å²) in [6.45, 7) is 0. The molecule has 0 fully saturated rings. The topological polar surface area (TPSA) is 47.6 Å². The van der Waals surface area contributed by atoms with Crippen molar-refractivity contribution in [2.75, 3.05) is 14.2 Å². The second-order valence-electron chi connectivity index (χ2n) is 5.81. The third kappa shape index (κ3) is 3.20. The van der Waals surface area contributed by atoms with Gasteiger partial charge in [0.15, 0.2) is 11.5 Å². The molecule has 0 saturated heterocycles. The maximum atomic E-state index is 12.7. The van der Waals surface area contributed by atoms with E-state index < -0.39 is 0 Å². The van der Waals surface area contributed by atoms with Crippen LogP contribution in [0.15, 0.2) is 36.4 Å². The van der Waals surface area contributed by atoms with Gasteiger partial charge in [-0.1, -0.05) is 35.9 Å². The van der Waals surface area contributed by atoms with E-state index in [0.717, 1.165) is 19.3 Å². The zero-order chi connectivity index (χ0) is 17.1. The van der Waals surface area contributed by atoms with Gasteiger partial charge in [-0.3, -0.25) is 4.79 Å². The second kappa shape index (κ2) is 7.14. The molecule has 2 aromatic carbocycles. The van der Waals surface area contributed by atoms with Gasteiger partial charge in [-0.2, -0.15) is 0 Å². The Hall–Kier alpha value is -2.20. The largest absolute Gasteiger partial charge is 0.493 e. The Morgan fingerprint density at radius 1 is 1.21 bits per heavy atom. The van der Waals surface area contributed by atoms with Crippen molar-refractivity contribution in [2.45, 2.75) is 25.3 Å². The number of hydrogen-bond acceptors (Lipinski definition) is 3. The number of fused-ring (bicyclic) bond motifs is 1. The minimum absolute atomic E-state index is 0.0225. The van der Waals surface area contributed by atoms with Crippen LogP contribution in [-0.2, 0) is 6.42 Å². The highest BCUT2D eigenvalue weighted by Gasteiger charge is 2.23. The lowest BCUT2D eigenvalue weighted by Crippen LogP contribution is -2.31. The number of ether oxygens (including phenoxy) is 2. The van der Waals surface area contributed by atoms with E-state index in [1.165, 1.54) is 25.3 Å². The lowest BCUT2D eigenvalue weighted by atomic mass is 9.87. The Balaban J connectivity index is 1.85. The van der Waals surface area contributed by atoms with Gasteiger partial charge in [0.1, 0.15) is 0 Å². The summed E-state index contributed by atoms with van der Waals surface area (Å²) in [6.07, 6.45) is 3.06. The molecule has 24 heavy (non-hydrogen) atoms. The smallest absolute Gasteiger partial charge is 0.251 e. The average molecular weight is 346 g/mol. The van der Waals surface area contributed by atoms with Crippen molar-refractivity contribution in [3.63, 3.8) is 0 Å². The number of halogens is 1. The van der Waals surface area contributed by atoms with E-state index in [9.17, 15) is 4.79 Å². The molecule has 0 heterocycles. The fourth-order valence-corrected chi connectivity index (χ4v) is 3.48. The summed E-state index contributed by atoms with van der Waals surface area (Å²) in [5, 5.41) is 3.47. The van der Waals surface area contributed by atoms with E-state index in [0.29, 0.717) is 22.1 Å². The molecule has 1 amide bonds. The number of methoxy groups -OCH3 is 2. The summed E-state index contributed by atoms with van der Waals surface area (Å²) in [5.74, 6) is 0.706. The van der Waals surface area contributed by atoms with Crippen LogP contribution in [0.4, 0.5) is 0 Å². The summed E-state index contributed by atoms with van der Waals surface area (Å²) in [7, 11) is 3.04. The number of carbonyl (C=O) groups excluding carboxylic acids is 1. The Morgan fingerprint density at radius 3 is 2.75 bits per heavy atom. The van der Waals surface area contributed by atoms with Crippen LogP contribution in [0.5, 0.6) is 11.5 Å². The normalized spacial score (nSPS) is 16.2. The number of rotatable bonds is 4.